The Bertz CT molecular complexity index is 693. The van der Waals surface area contributed by atoms with E-state index >= 15 is 0 Å². The van der Waals surface area contributed by atoms with E-state index in [0.717, 1.165) is 25.2 Å². The first kappa shape index (κ1) is 22.6. The van der Waals surface area contributed by atoms with E-state index < -0.39 is 0 Å². The van der Waals surface area contributed by atoms with Gasteiger partial charge in [0.15, 0.2) is 0 Å². The lowest BCUT2D eigenvalue weighted by atomic mass is 9.46. The van der Waals surface area contributed by atoms with Gasteiger partial charge < -0.3 is 10.2 Å². The molecular weight excluding hydrogens is 368 g/mol. The number of hydrogen-bond donors (Lipinski definition) is 2. The number of fused-ring (bicyclic) bond motifs is 5. The van der Waals surface area contributed by atoms with Crippen LogP contribution in [0.1, 0.15) is 86.5 Å². The Morgan fingerprint density at radius 1 is 0.933 bits per heavy atom. The monoisotopic (exact) mass is 414 g/mol. The maximum absolute atomic E-state index is 11.3. The highest BCUT2D eigenvalue weighted by molar-refractivity contribution is 5.28. The third-order valence-corrected chi connectivity index (χ3v) is 10.6. The minimum absolute atomic E-state index is 0.195. The predicted molar refractivity (Wildman–Crippen MR) is 125 cm³/mol. The maximum atomic E-state index is 11.3. The minimum atomic E-state index is -0.321. The van der Waals surface area contributed by atoms with Gasteiger partial charge in [-0.05, 0) is 97.2 Å². The molecule has 0 heterocycles. The van der Waals surface area contributed by atoms with Crippen LogP contribution in [0.5, 0.6) is 0 Å². The summed E-state index contributed by atoms with van der Waals surface area (Å²) in [5.74, 6) is 4.31. The molecule has 0 saturated heterocycles. The summed E-state index contributed by atoms with van der Waals surface area (Å²) in [4.78, 5) is 0. The first-order chi connectivity index (χ1) is 14.1. The van der Waals surface area contributed by atoms with Crippen molar-refractivity contribution in [2.75, 3.05) is 0 Å². The lowest BCUT2D eigenvalue weighted by molar-refractivity contribution is -0.0950. The van der Waals surface area contributed by atoms with E-state index in [4.69, 9.17) is 0 Å². The van der Waals surface area contributed by atoms with E-state index in [9.17, 15) is 10.2 Å². The van der Waals surface area contributed by atoms with E-state index in [2.05, 4.69) is 59.8 Å². The summed E-state index contributed by atoms with van der Waals surface area (Å²) in [6.45, 7) is 14.4. The molecule has 0 aliphatic heterocycles. The fourth-order valence-corrected chi connectivity index (χ4v) is 8.24. The molecule has 4 aliphatic rings. The van der Waals surface area contributed by atoms with Gasteiger partial charge in [-0.2, -0.15) is 0 Å². The van der Waals surface area contributed by atoms with E-state index in [1.807, 2.05) is 0 Å². The summed E-state index contributed by atoms with van der Waals surface area (Å²) >= 11 is 0. The summed E-state index contributed by atoms with van der Waals surface area (Å²) in [7, 11) is 0. The number of aliphatic hydroxyl groups excluding tert-OH is 2. The Morgan fingerprint density at radius 3 is 2.37 bits per heavy atom. The number of aliphatic hydroxyl groups is 2. The Hall–Kier alpha value is -0.600. The van der Waals surface area contributed by atoms with E-state index in [1.54, 1.807) is 0 Å². The Morgan fingerprint density at radius 2 is 1.67 bits per heavy atom. The van der Waals surface area contributed by atoms with Crippen LogP contribution < -0.4 is 0 Å². The highest BCUT2D eigenvalue weighted by Crippen LogP contribution is 2.67. The highest BCUT2D eigenvalue weighted by atomic mass is 16.3. The van der Waals surface area contributed by atoms with Crippen molar-refractivity contribution in [2.24, 2.45) is 52.3 Å². The molecule has 0 amide bonds. The Kier molecular flexibility index (Phi) is 6.08. The molecule has 2 N–H and O–H groups in total. The molecule has 4 rings (SSSR count). The summed E-state index contributed by atoms with van der Waals surface area (Å²) in [5.41, 5.74) is 1.90. The molecule has 170 valence electrons. The van der Waals surface area contributed by atoms with Crippen LogP contribution in [-0.4, -0.2) is 22.4 Å². The van der Waals surface area contributed by atoms with E-state index in [-0.39, 0.29) is 17.6 Å². The van der Waals surface area contributed by atoms with Gasteiger partial charge in [0.1, 0.15) is 0 Å². The number of hydrogen-bond acceptors (Lipinski definition) is 2. The zero-order chi connectivity index (χ0) is 21.8. The molecule has 0 aromatic rings. The molecule has 0 aromatic carbocycles. The van der Waals surface area contributed by atoms with Crippen LogP contribution in [0.3, 0.4) is 0 Å². The van der Waals surface area contributed by atoms with Crippen molar-refractivity contribution < 1.29 is 10.2 Å². The van der Waals surface area contributed by atoms with Gasteiger partial charge >= 0.3 is 0 Å². The molecule has 2 heteroatoms. The van der Waals surface area contributed by atoms with Crippen LogP contribution in [0, 0.1) is 52.3 Å². The summed E-state index contributed by atoms with van der Waals surface area (Å²) < 4.78 is 0. The molecule has 4 aliphatic carbocycles. The molecule has 10 atom stereocenters. The average molecular weight is 415 g/mol. The largest absolute Gasteiger partial charge is 0.393 e. The number of rotatable bonds is 4. The molecule has 3 saturated carbocycles. The van der Waals surface area contributed by atoms with Gasteiger partial charge in [-0.1, -0.05) is 65.3 Å². The lowest BCUT2D eigenvalue weighted by Crippen LogP contribution is -2.54. The molecule has 30 heavy (non-hydrogen) atoms. The standard InChI is InChI=1S/C28H46O2/c1-17(2)18(3)7-8-19(4)22-9-10-23-26-24(12-14-28(22,23)6)27(5)13-11-21(29)15-20(27)16-25(26)30/h7-8,16-19,21-26,29-30H,9-15H2,1-6H3/b8-7+/t18?,19-,21+,22-,23+,24+,25-,26+,27+,28-/m1/s1. The van der Waals surface area contributed by atoms with Crippen molar-refractivity contribution in [3.05, 3.63) is 23.8 Å². The lowest BCUT2D eigenvalue weighted by Gasteiger charge is -2.59. The fourth-order valence-electron chi connectivity index (χ4n) is 8.24. The second-order valence-corrected chi connectivity index (χ2v) is 12.4. The van der Waals surface area contributed by atoms with Crippen LogP contribution in [0.25, 0.3) is 0 Å². The van der Waals surface area contributed by atoms with Gasteiger partial charge in [0, 0.05) is 0 Å². The van der Waals surface area contributed by atoms with Gasteiger partial charge in [-0.3, -0.25) is 0 Å². The fraction of sp³-hybridized carbons (Fsp3) is 0.857. The molecule has 2 nitrogen and oxygen atoms in total. The Balaban J connectivity index is 1.57. The van der Waals surface area contributed by atoms with Crippen molar-refractivity contribution in [2.45, 2.75) is 98.7 Å². The first-order valence-electron chi connectivity index (χ1n) is 12.8. The summed E-state index contributed by atoms with van der Waals surface area (Å²) in [6.07, 6.45) is 14.5. The zero-order valence-corrected chi connectivity index (χ0v) is 20.3. The second-order valence-electron chi connectivity index (χ2n) is 12.4. The second kappa shape index (κ2) is 8.07. The van der Waals surface area contributed by atoms with Crippen LogP contribution in [-0.2, 0) is 0 Å². The van der Waals surface area contributed by atoms with Crippen molar-refractivity contribution in [3.63, 3.8) is 0 Å². The molecule has 0 bridgehead atoms. The Labute approximate surface area is 185 Å². The molecule has 0 aromatic heterocycles. The molecule has 0 spiro atoms. The van der Waals surface area contributed by atoms with E-state index in [0.29, 0.717) is 40.9 Å². The quantitative estimate of drug-likeness (QED) is 0.524. The zero-order valence-electron chi connectivity index (χ0n) is 20.3. The third-order valence-electron chi connectivity index (χ3n) is 10.6. The van der Waals surface area contributed by atoms with Crippen molar-refractivity contribution >= 4 is 0 Å². The predicted octanol–water partition coefficient (Wildman–Crippen LogP) is 6.38. The van der Waals surface area contributed by atoms with E-state index in [1.165, 1.54) is 31.3 Å². The van der Waals surface area contributed by atoms with Gasteiger partial charge in [0.05, 0.1) is 12.2 Å². The van der Waals surface area contributed by atoms with Gasteiger partial charge in [0.2, 0.25) is 0 Å². The van der Waals surface area contributed by atoms with Crippen molar-refractivity contribution in [1.82, 2.24) is 0 Å². The third kappa shape index (κ3) is 3.54. The highest BCUT2D eigenvalue weighted by Gasteiger charge is 2.60. The first-order valence-corrected chi connectivity index (χ1v) is 12.8. The molecule has 3 fully saturated rings. The van der Waals surface area contributed by atoms with Gasteiger partial charge in [-0.25, -0.2) is 0 Å². The molecule has 1 unspecified atom stereocenters. The van der Waals surface area contributed by atoms with Gasteiger partial charge in [-0.15, -0.1) is 0 Å². The van der Waals surface area contributed by atoms with Crippen LogP contribution in [0.4, 0.5) is 0 Å². The maximum Gasteiger partial charge on any atom is 0.0757 e. The van der Waals surface area contributed by atoms with Crippen molar-refractivity contribution in [3.8, 4) is 0 Å². The van der Waals surface area contributed by atoms with Crippen molar-refractivity contribution in [1.29, 1.82) is 0 Å². The van der Waals surface area contributed by atoms with Gasteiger partial charge in [0.25, 0.3) is 0 Å². The van der Waals surface area contributed by atoms with Crippen LogP contribution >= 0.6 is 0 Å². The molecule has 0 radical (unpaired) electrons. The SMILES string of the molecule is CC(C)C(C)/C=C/[C@@H](C)[C@H]1CC[C@H]2[C@@H]3[C@H](O)C=C4C[C@@H](O)CC[C@]4(C)[C@H]3CC[C@]12C. The molecular formula is C28H46O2. The van der Waals surface area contributed by atoms with Crippen LogP contribution in [0.15, 0.2) is 23.8 Å². The topological polar surface area (TPSA) is 40.5 Å². The average Bonchev–Trinajstić information content (AvgIpc) is 3.04. The van der Waals surface area contributed by atoms with Crippen LogP contribution in [0.2, 0.25) is 0 Å². The minimum Gasteiger partial charge on any atom is -0.393 e. The number of allylic oxidation sites excluding steroid dienone is 2. The summed E-state index contributed by atoms with van der Waals surface area (Å²) in [5, 5.41) is 21.5. The summed E-state index contributed by atoms with van der Waals surface area (Å²) in [6, 6.07) is 0. The normalized spacial score (nSPS) is 48.1. The smallest absolute Gasteiger partial charge is 0.0757 e.